The summed E-state index contributed by atoms with van der Waals surface area (Å²) in [5.74, 6) is -2.53. The smallest absolute Gasteiger partial charge is 0.251 e. The maximum absolute atomic E-state index is 13.4. The molecular formula is C19H22F2N2O5S. The molecule has 0 radical (unpaired) electrons. The molecule has 0 heterocycles. The van der Waals surface area contributed by atoms with E-state index < -0.39 is 33.6 Å². The van der Waals surface area contributed by atoms with Gasteiger partial charge in [-0.15, -0.1) is 0 Å². The number of halogens is 2. The Morgan fingerprint density at radius 3 is 2.45 bits per heavy atom. The van der Waals surface area contributed by atoms with Gasteiger partial charge in [0.15, 0.2) is 11.6 Å². The van der Waals surface area contributed by atoms with Crippen molar-refractivity contribution in [1.29, 1.82) is 0 Å². The number of nitrogens with one attached hydrogen (secondary N) is 2. The Kier molecular flexibility index (Phi) is 7.66. The zero-order valence-electron chi connectivity index (χ0n) is 16.2. The summed E-state index contributed by atoms with van der Waals surface area (Å²) in [4.78, 5) is 12.4. The van der Waals surface area contributed by atoms with Crippen LogP contribution in [0, 0.1) is 11.6 Å². The normalized spacial score (nSPS) is 12.4. The first-order chi connectivity index (χ1) is 13.7. The van der Waals surface area contributed by atoms with Crippen molar-refractivity contribution < 1.29 is 31.5 Å². The summed E-state index contributed by atoms with van der Waals surface area (Å²) in [5, 5.41) is 2.62. The topological polar surface area (TPSA) is 93.7 Å². The lowest BCUT2D eigenvalue weighted by molar-refractivity contribution is 0.0939. The van der Waals surface area contributed by atoms with Gasteiger partial charge in [0.05, 0.1) is 19.8 Å². The lowest BCUT2D eigenvalue weighted by Crippen LogP contribution is -2.29. The van der Waals surface area contributed by atoms with Crippen molar-refractivity contribution in [3.05, 3.63) is 59.2 Å². The molecule has 0 aliphatic rings. The molecule has 29 heavy (non-hydrogen) atoms. The highest BCUT2D eigenvalue weighted by molar-refractivity contribution is 7.89. The number of amides is 1. The zero-order valence-corrected chi connectivity index (χ0v) is 17.0. The Hall–Kier alpha value is -2.56. The van der Waals surface area contributed by atoms with Gasteiger partial charge in [-0.3, -0.25) is 4.79 Å². The number of methoxy groups -OCH3 is 2. The Balaban J connectivity index is 2.25. The first-order valence-electron chi connectivity index (χ1n) is 8.62. The average molecular weight is 428 g/mol. The first kappa shape index (κ1) is 22.7. The lowest BCUT2D eigenvalue weighted by atomic mass is 10.1. The van der Waals surface area contributed by atoms with Crippen LogP contribution in [-0.4, -0.2) is 41.7 Å². The molecule has 10 heteroatoms. The summed E-state index contributed by atoms with van der Waals surface area (Å²) in [6, 6.07) is 6.62. The minimum absolute atomic E-state index is 0.0472. The third kappa shape index (κ3) is 5.72. The predicted octanol–water partition coefficient (Wildman–Crippen LogP) is 2.39. The van der Waals surface area contributed by atoms with E-state index in [4.69, 9.17) is 9.47 Å². The van der Waals surface area contributed by atoms with Gasteiger partial charge in [-0.25, -0.2) is 21.9 Å². The van der Waals surface area contributed by atoms with Crippen molar-refractivity contribution in [2.24, 2.45) is 0 Å². The summed E-state index contributed by atoms with van der Waals surface area (Å²) in [7, 11) is -1.20. The minimum atomic E-state index is -3.95. The van der Waals surface area contributed by atoms with Crippen LogP contribution in [-0.2, 0) is 14.8 Å². The van der Waals surface area contributed by atoms with Crippen LogP contribution in [0.25, 0.3) is 0 Å². The fourth-order valence-corrected chi connectivity index (χ4v) is 3.73. The molecule has 158 valence electrons. The van der Waals surface area contributed by atoms with Crippen LogP contribution in [0.2, 0.25) is 0 Å². The summed E-state index contributed by atoms with van der Waals surface area (Å²) in [5.41, 5.74) is 0.423. The maximum atomic E-state index is 13.4. The molecule has 0 saturated heterocycles. The van der Waals surface area contributed by atoms with Crippen LogP contribution in [0.15, 0.2) is 41.3 Å². The molecule has 0 aliphatic heterocycles. The van der Waals surface area contributed by atoms with Crippen molar-refractivity contribution in [2.45, 2.75) is 17.9 Å². The number of sulfonamides is 1. The zero-order chi connectivity index (χ0) is 21.6. The second-order valence-corrected chi connectivity index (χ2v) is 7.86. The Bertz CT molecular complexity index is 983. The van der Waals surface area contributed by atoms with E-state index in [1.54, 1.807) is 6.92 Å². The molecule has 2 aromatic carbocycles. The fourth-order valence-electron chi connectivity index (χ4n) is 2.53. The van der Waals surface area contributed by atoms with Crippen molar-refractivity contribution >= 4 is 15.9 Å². The Labute approximate surface area is 168 Å². The van der Waals surface area contributed by atoms with Gasteiger partial charge in [0.2, 0.25) is 10.0 Å². The van der Waals surface area contributed by atoms with E-state index in [1.807, 2.05) is 0 Å². The van der Waals surface area contributed by atoms with Gasteiger partial charge in [-0.05, 0) is 42.8 Å². The Morgan fingerprint density at radius 1 is 1.10 bits per heavy atom. The molecule has 1 atom stereocenters. The summed E-state index contributed by atoms with van der Waals surface area (Å²) < 4.78 is 63.8. The largest absolute Gasteiger partial charge is 0.495 e. The van der Waals surface area contributed by atoms with Crippen LogP contribution < -0.4 is 14.8 Å². The summed E-state index contributed by atoms with van der Waals surface area (Å²) in [6.45, 7) is 1.82. The van der Waals surface area contributed by atoms with E-state index in [9.17, 15) is 22.0 Å². The van der Waals surface area contributed by atoms with E-state index in [1.165, 1.54) is 38.5 Å². The highest BCUT2D eigenvalue weighted by Crippen LogP contribution is 2.25. The van der Waals surface area contributed by atoms with Crippen LogP contribution in [0.5, 0.6) is 5.75 Å². The standard InChI is InChI=1S/C19H22F2N2O5S/c1-12(13-4-6-15(20)16(21)10-13)23-19(24)14-5-7-17(28-3)18(11-14)29(25,26)22-8-9-27-2/h4-7,10-12,22H,8-9H2,1-3H3,(H,23,24). The molecule has 0 bridgehead atoms. The van der Waals surface area contributed by atoms with Crippen molar-refractivity contribution in [1.82, 2.24) is 10.0 Å². The molecule has 0 spiro atoms. The molecule has 2 N–H and O–H groups in total. The number of ether oxygens (including phenoxy) is 2. The number of rotatable bonds is 9. The first-order valence-corrected chi connectivity index (χ1v) is 10.1. The van der Waals surface area contributed by atoms with Crippen molar-refractivity contribution in [3.63, 3.8) is 0 Å². The summed E-state index contributed by atoms with van der Waals surface area (Å²) >= 11 is 0. The van der Waals surface area contributed by atoms with E-state index >= 15 is 0 Å². The monoisotopic (exact) mass is 428 g/mol. The number of benzene rings is 2. The van der Waals surface area contributed by atoms with Gasteiger partial charge in [0.25, 0.3) is 5.91 Å². The van der Waals surface area contributed by atoms with E-state index in [-0.39, 0.29) is 29.4 Å². The van der Waals surface area contributed by atoms with E-state index in [0.717, 1.165) is 12.1 Å². The van der Waals surface area contributed by atoms with Gasteiger partial charge in [-0.1, -0.05) is 6.07 Å². The fraction of sp³-hybridized carbons (Fsp3) is 0.316. The van der Waals surface area contributed by atoms with E-state index in [2.05, 4.69) is 10.0 Å². The maximum Gasteiger partial charge on any atom is 0.251 e. The lowest BCUT2D eigenvalue weighted by Gasteiger charge is -2.16. The molecule has 0 saturated carbocycles. The van der Waals surface area contributed by atoms with Crippen molar-refractivity contribution in [3.8, 4) is 5.75 Å². The van der Waals surface area contributed by atoms with Gasteiger partial charge in [0, 0.05) is 19.2 Å². The average Bonchev–Trinajstić information content (AvgIpc) is 2.69. The van der Waals surface area contributed by atoms with Crippen LogP contribution in [0.4, 0.5) is 8.78 Å². The third-order valence-electron chi connectivity index (χ3n) is 4.10. The molecule has 0 aromatic heterocycles. The number of carbonyl (C=O) groups is 1. The van der Waals surface area contributed by atoms with Crippen molar-refractivity contribution in [2.75, 3.05) is 27.4 Å². The highest BCUT2D eigenvalue weighted by atomic mass is 32.2. The minimum Gasteiger partial charge on any atom is -0.495 e. The number of hydrogen-bond donors (Lipinski definition) is 2. The summed E-state index contributed by atoms with van der Waals surface area (Å²) in [6.07, 6.45) is 0. The third-order valence-corrected chi connectivity index (χ3v) is 5.59. The van der Waals surface area contributed by atoms with Gasteiger partial charge < -0.3 is 14.8 Å². The number of carbonyl (C=O) groups excluding carboxylic acids is 1. The molecule has 0 fully saturated rings. The van der Waals surface area contributed by atoms with Gasteiger partial charge in [0.1, 0.15) is 10.6 Å². The van der Waals surface area contributed by atoms with Crippen LogP contribution in [0.1, 0.15) is 28.9 Å². The second-order valence-electron chi connectivity index (χ2n) is 6.12. The van der Waals surface area contributed by atoms with Crippen LogP contribution >= 0.6 is 0 Å². The highest BCUT2D eigenvalue weighted by Gasteiger charge is 2.22. The molecule has 2 aromatic rings. The number of hydrogen-bond acceptors (Lipinski definition) is 5. The quantitative estimate of drug-likeness (QED) is 0.598. The SMILES string of the molecule is COCCNS(=O)(=O)c1cc(C(=O)NC(C)c2ccc(F)c(F)c2)ccc1OC. The Morgan fingerprint density at radius 2 is 1.83 bits per heavy atom. The molecule has 2 rings (SSSR count). The molecule has 7 nitrogen and oxygen atoms in total. The molecule has 1 amide bonds. The molecule has 1 unspecified atom stereocenters. The predicted molar refractivity (Wildman–Crippen MR) is 102 cm³/mol. The van der Waals surface area contributed by atoms with Gasteiger partial charge >= 0.3 is 0 Å². The van der Waals surface area contributed by atoms with E-state index in [0.29, 0.717) is 5.56 Å². The second kappa shape index (κ2) is 9.77. The van der Waals surface area contributed by atoms with Crippen LogP contribution in [0.3, 0.4) is 0 Å². The molecular weight excluding hydrogens is 406 g/mol. The molecule has 0 aliphatic carbocycles. The van der Waals surface area contributed by atoms with Gasteiger partial charge in [-0.2, -0.15) is 0 Å².